The average molecular weight is 296 g/mol. The van der Waals surface area contributed by atoms with E-state index in [-0.39, 0.29) is 0 Å². The minimum absolute atomic E-state index is 0.365. The Morgan fingerprint density at radius 2 is 2.30 bits per heavy atom. The van der Waals surface area contributed by atoms with Crippen molar-refractivity contribution in [3.8, 4) is 0 Å². The van der Waals surface area contributed by atoms with Crippen molar-refractivity contribution < 1.29 is 4.74 Å². The third kappa shape index (κ3) is 4.14. The molecule has 1 spiro atoms. The quantitative estimate of drug-likeness (QED) is 0.762. The van der Waals surface area contributed by atoms with E-state index in [0.717, 1.165) is 38.0 Å². The van der Waals surface area contributed by atoms with Gasteiger partial charge in [0.05, 0.1) is 0 Å². The molecule has 2 atom stereocenters. The molecule has 114 valence electrons. The number of hydrogen-bond acceptors (Lipinski definition) is 3. The summed E-state index contributed by atoms with van der Waals surface area (Å²) >= 11 is 1.93. The number of nitrogens with one attached hydrogen (secondary N) is 1. The van der Waals surface area contributed by atoms with E-state index >= 15 is 0 Å². The van der Waals surface area contributed by atoms with Crippen LogP contribution in [0.15, 0.2) is 4.99 Å². The van der Waals surface area contributed by atoms with Gasteiger partial charge < -0.3 is 10.1 Å². The molecule has 4 heteroatoms. The van der Waals surface area contributed by atoms with Crippen molar-refractivity contribution in [1.29, 1.82) is 0 Å². The van der Waals surface area contributed by atoms with E-state index in [2.05, 4.69) is 12.2 Å². The Kier molecular flexibility index (Phi) is 4.92. The lowest BCUT2D eigenvalue weighted by Crippen LogP contribution is -2.47. The van der Waals surface area contributed by atoms with Crippen LogP contribution in [-0.4, -0.2) is 36.2 Å². The summed E-state index contributed by atoms with van der Waals surface area (Å²) in [6.45, 7) is 5.15. The highest BCUT2D eigenvalue weighted by Crippen LogP contribution is 2.38. The maximum absolute atomic E-state index is 5.65. The van der Waals surface area contributed by atoms with Crippen LogP contribution >= 0.6 is 11.8 Å². The monoisotopic (exact) mass is 296 g/mol. The van der Waals surface area contributed by atoms with Crippen LogP contribution in [0.4, 0.5) is 0 Å². The fraction of sp³-hybridized carbons (Fsp3) is 0.938. The van der Waals surface area contributed by atoms with Gasteiger partial charge in [-0.15, -0.1) is 0 Å². The zero-order chi connectivity index (χ0) is 13.8. The second-order valence-corrected chi connectivity index (χ2v) is 7.92. The van der Waals surface area contributed by atoms with Gasteiger partial charge in [0.1, 0.15) is 0 Å². The number of nitrogens with zero attached hydrogens (tertiary/aromatic N) is 1. The molecule has 0 bridgehead atoms. The average Bonchev–Trinajstić information content (AvgIpc) is 3.17. The summed E-state index contributed by atoms with van der Waals surface area (Å²) in [6.07, 6.45) is 9.24. The molecule has 1 aliphatic heterocycles. The normalized spacial score (nSPS) is 35.6. The number of hydrogen-bond donors (Lipinski definition) is 1. The fourth-order valence-electron chi connectivity index (χ4n) is 3.38. The van der Waals surface area contributed by atoms with Gasteiger partial charge in [-0.05, 0) is 43.9 Å². The zero-order valence-corrected chi connectivity index (χ0v) is 13.5. The van der Waals surface area contributed by atoms with Crippen LogP contribution in [0, 0.1) is 11.8 Å². The molecule has 3 fully saturated rings. The van der Waals surface area contributed by atoms with Crippen molar-refractivity contribution in [2.75, 3.05) is 25.5 Å². The van der Waals surface area contributed by atoms with Gasteiger partial charge >= 0.3 is 0 Å². The van der Waals surface area contributed by atoms with Crippen LogP contribution in [0.25, 0.3) is 0 Å². The third-order valence-electron chi connectivity index (χ3n) is 4.70. The van der Waals surface area contributed by atoms with Crippen molar-refractivity contribution in [3.63, 3.8) is 0 Å². The van der Waals surface area contributed by atoms with E-state index in [1.54, 1.807) is 0 Å². The van der Waals surface area contributed by atoms with Gasteiger partial charge in [0.25, 0.3) is 0 Å². The molecule has 0 radical (unpaired) electrons. The first-order chi connectivity index (χ1) is 9.76. The summed E-state index contributed by atoms with van der Waals surface area (Å²) in [4.78, 5) is 4.72. The molecule has 2 aliphatic carbocycles. The lowest BCUT2D eigenvalue weighted by atomic mass is 9.78. The number of aliphatic imine (C=N–C) groups is 1. The summed E-state index contributed by atoms with van der Waals surface area (Å²) in [6, 6.07) is 0. The molecular weight excluding hydrogens is 268 g/mol. The second kappa shape index (κ2) is 6.69. The molecule has 3 aliphatic rings. The Morgan fingerprint density at radius 3 is 3.10 bits per heavy atom. The lowest BCUT2D eigenvalue weighted by molar-refractivity contribution is 0.123. The predicted octanol–water partition coefficient (Wildman–Crippen LogP) is 3.44. The number of amidine groups is 1. The van der Waals surface area contributed by atoms with E-state index in [1.165, 1.54) is 49.4 Å². The Hall–Kier alpha value is -0.220. The van der Waals surface area contributed by atoms with Gasteiger partial charge in [-0.2, -0.15) is 0 Å². The second-order valence-electron chi connectivity index (χ2n) is 6.95. The molecule has 0 aromatic rings. The Labute approximate surface area is 127 Å². The van der Waals surface area contributed by atoms with Gasteiger partial charge in [0.2, 0.25) is 0 Å². The van der Waals surface area contributed by atoms with Gasteiger partial charge in [0.15, 0.2) is 5.17 Å². The molecule has 0 aromatic heterocycles. The van der Waals surface area contributed by atoms with Crippen LogP contribution < -0.4 is 5.32 Å². The maximum Gasteiger partial charge on any atom is 0.157 e. The van der Waals surface area contributed by atoms with Crippen LogP contribution in [0.2, 0.25) is 0 Å². The highest BCUT2D eigenvalue weighted by atomic mass is 32.2. The van der Waals surface area contributed by atoms with Gasteiger partial charge in [-0.25, -0.2) is 0 Å². The van der Waals surface area contributed by atoms with Crippen molar-refractivity contribution in [2.45, 2.75) is 57.4 Å². The Balaban J connectivity index is 1.34. The topological polar surface area (TPSA) is 33.6 Å². The molecule has 1 heterocycles. The van der Waals surface area contributed by atoms with E-state index in [1.807, 2.05) is 11.8 Å². The molecular formula is C16H28N2OS. The van der Waals surface area contributed by atoms with Gasteiger partial charge in [-0.1, -0.05) is 31.5 Å². The molecule has 1 saturated heterocycles. The highest BCUT2D eigenvalue weighted by molar-refractivity contribution is 8.14. The highest BCUT2D eigenvalue weighted by Gasteiger charge is 2.40. The number of rotatable bonds is 6. The van der Waals surface area contributed by atoms with Crippen LogP contribution in [0.5, 0.6) is 0 Å². The fourth-order valence-corrected chi connectivity index (χ4v) is 4.60. The molecule has 0 amide bonds. The summed E-state index contributed by atoms with van der Waals surface area (Å²) in [5, 5.41) is 4.91. The first-order valence-electron chi connectivity index (χ1n) is 8.29. The minimum Gasteiger partial charge on any atom is -0.381 e. The smallest absolute Gasteiger partial charge is 0.157 e. The molecule has 20 heavy (non-hydrogen) atoms. The third-order valence-corrected chi connectivity index (χ3v) is 5.90. The summed E-state index contributed by atoms with van der Waals surface area (Å²) in [7, 11) is 0. The molecule has 2 unspecified atom stereocenters. The van der Waals surface area contributed by atoms with Crippen molar-refractivity contribution in [2.24, 2.45) is 16.8 Å². The van der Waals surface area contributed by atoms with Crippen LogP contribution in [-0.2, 0) is 4.74 Å². The molecule has 3 rings (SSSR count). The predicted molar refractivity (Wildman–Crippen MR) is 86.4 cm³/mol. The standard InChI is InChI=1S/C16H28N2OS/c1-13-4-2-7-16(10-13)12-20-15(18-16)17-8-3-9-19-11-14-5-6-14/h13-14H,2-12H2,1H3,(H,17,18). The van der Waals surface area contributed by atoms with Crippen LogP contribution in [0.1, 0.15) is 51.9 Å². The Bertz CT molecular complexity index is 356. The largest absolute Gasteiger partial charge is 0.381 e. The molecule has 0 aromatic carbocycles. The summed E-state index contributed by atoms with van der Waals surface area (Å²) in [5.74, 6) is 2.96. The Morgan fingerprint density at radius 1 is 1.40 bits per heavy atom. The molecule has 3 nitrogen and oxygen atoms in total. The van der Waals surface area contributed by atoms with Crippen molar-refractivity contribution in [3.05, 3.63) is 0 Å². The number of ether oxygens (including phenoxy) is 1. The van der Waals surface area contributed by atoms with Gasteiger partial charge in [-0.3, -0.25) is 4.99 Å². The van der Waals surface area contributed by atoms with E-state index in [4.69, 9.17) is 9.73 Å². The van der Waals surface area contributed by atoms with E-state index in [9.17, 15) is 0 Å². The SMILES string of the molecule is CC1CCCC2(CSC(=NCCCOCC3CC3)N2)C1. The maximum atomic E-state index is 5.65. The van der Waals surface area contributed by atoms with E-state index < -0.39 is 0 Å². The van der Waals surface area contributed by atoms with Crippen molar-refractivity contribution in [1.82, 2.24) is 5.32 Å². The molecule has 2 saturated carbocycles. The lowest BCUT2D eigenvalue weighted by Gasteiger charge is -2.36. The zero-order valence-electron chi connectivity index (χ0n) is 12.7. The number of thioether (sulfide) groups is 1. The summed E-state index contributed by atoms with van der Waals surface area (Å²) in [5.41, 5.74) is 0.365. The minimum atomic E-state index is 0.365. The first-order valence-corrected chi connectivity index (χ1v) is 9.27. The van der Waals surface area contributed by atoms with Gasteiger partial charge in [0, 0.05) is 31.1 Å². The molecule has 1 N–H and O–H groups in total. The van der Waals surface area contributed by atoms with Crippen LogP contribution in [0.3, 0.4) is 0 Å². The van der Waals surface area contributed by atoms with Crippen molar-refractivity contribution >= 4 is 16.9 Å². The first kappa shape index (κ1) is 14.7. The summed E-state index contributed by atoms with van der Waals surface area (Å²) < 4.78 is 5.65. The van der Waals surface area contributed by atoms with E-state index in [0.29, 0.717) is 5.54 Å².